The third-order valence-electron chi connectivity index (χ3n) is 2.90. The SMILES string of the molecule is Cc1cc(C(=O)Nc2cccnc2OC(C)C)ccc1N. The van der Waals surface area contributed by atoms with Crippen molar-refractivity contribution in [3.05, 3.63) is 47.7 Å². The number of rotatable bonds is 4. The zero-order valence-electron chi connectivity index (χ0n) is 12.4. The van der Waals surface area contributed by atoms with E-state index in [0.29, 0.717) is 22.8 Å². The van der Waals surface area contributed by atoms with Crippen LogP contribution in [0.4, 0.5) is 11.4 Å². The van der Waals surface area contributed by atoms with Crippen LogP contribution in [0.1, 0.15) is 29.8 Å². The Morgan fingerprint density at radius 3 is 2.76 bits per heavy atom. The molecular formula is C16H19N3O2. The van der Waals surface area contributed by atoms with Crippen molar-refractivity contribution in [1.29, 1.82) is 0 Å². The molecule has 5 nitrogen and oxygen atoms in total. The number of carbonyl (C=O) groups excluding carboxylic acids is 1. The molecule has 0 saturated carbocycles. The number of nitrogens with one attached hydrogen (secondary N) is 1. The summed E-state index contributed by atoms with van der Waals surface area (Å²) in [6.07, 6.45) is 1.61. The van der Waals surface area contributed by atoms with Crippen LogP contribution in [0, 0.1) is 6.92 Å². The maximum absolute atomic E-state index is 12.3. The first-order chi connectivity index (χ1) is 9.97. The fourth-order valence-corrected chi connectivity index (χ4v) is 1.81. The summed E-state index contributed by atoms with van der Waals surface area (Å²) in [6, 6.07) is 8.67. The molecule has 3 N–H and O–H groups in total. The van der Waals surface area contributed by atoms with E-state index < -0.39 is 0 Å². The molecule has 0 radical (unpaired) electrons. The van der Waals surface area contributed by atoms with Crippen molar-refractivity contribution in [2.75, 3.05) is 11.1 Å². The maximum atomic E-state index is 12.3. The Hall–Kier alpha value is -2.56. The molecule has 2 aromatic rings. The number of aromatic nitrogens is 1. The molecule has 0 fully saturated rings. The molecule has 0 aliphatic heterocycles. The van der Waals surface area contributed by atoms with E-state index in [4.69, 9.17) is 10.5 Å². The summed E-state index contributed by atoms with van der Waals surface area (Å²) in [7, 11) is 0. The molecule has 0 aliphatic carbocycles. The average Bonchev–Trinajstić information content (AvgIpc) is 2.43. The largest absolute Gasteiger partial charge is 0.473 e. The molecule has 0 unspecified atom stereocenters. The number of carbonyl (C=O) groups is 1. The fourth-order valence-electron chi connectivity index (χ4n) is 1.81. The van der Waals surface area contributed by atoms with E-state index in [2.05, 4.69) is 10.3 Å². The van der Waals surface area contributed by atoms with Gasteiger partial charge >= 0.3 is 0 Å². The van der Waals surface area contributed by atoms with Crippen LogP contribution in [0.5, 0.6) is 5.88 Å². The van der Waals surface area contributed by atoms with Gasteiger partial charge in [-0.2, -0.15) is 0 Å². The highest BCUT2D eigenvalue weighted by Gasteiger charge is 2.12. The maximum Gasteiger partial charge on any atom is 0.255 e. The first kappa shape index (κ1) is 14.8. The van der Waals surface area contributed by atoms with E-state index in [1.165, 1.54) is 0 Å². The Morgan fingerprint density at radius 1 is 1.33 bits per heavy atom. The number of nitrogens with two attached hydrogens (primary N) is 1. The molecule has 1 amide bonds. The standard InChI is InChI=1S/C16H19N3O2/c1-10(2)21-16-14(5-4-8-18-16)19-15(20)12-6-7-13(17)11(3)9-12/h4-10H,17H2,1-3H3,(H,19,20). The minimum absolute atomic E-state index is 0.0191. The monoisotopic (exact) mass is 285 g/mol. The summed E-state index contributed by atoms with van der Waals surface area (Å²) in [5.74, 6) is 0.188. The summed E-state index contributed by atoms with van der Waals surface area (Å²) >= 11 is 0. The predicted molar refractivity (Wildman–Crippen MR) is 83.5 cm³/mol. The number of nitrogens with zero attached hydrogens (tertiary/aromatic N) is 1. The van der Waals surface area contributed by atoms with Gasteiger partial charge in [-0.15, -0.1) is 0 Å². The van der Waals surface area contributed by atoms with Gasteiger partial charge in [-0.3, -0.25) is 4.79 Å². The summed E-state index contributed by atoms with van der Waals surface area (Å²) < 4.78 is 5.58. The predicted octanol–water partition coefficient (Wildman–Crippen LogP) is 3.01. The van der Waals surface area contributed by atoms with Crippen molar-refractivity contribution in [3.63, 3.8) is 0 Å². The lowest BCUT2D eigenvalue weighted by Gasteiger charge is -2.13. The number of pyridine rings is 1. The van der Waals surface area contributed by atoms with Crippen LogP contribution >= 0.6 is 0 Å². The number of benzene rings is 1. The van der Waals surface area contributed by atoms with Crippen LogP contribution in [0.25, 0.3) is 0 Å². The summed E-state index contributed by atoms with van der Waals surface area (Å²) in [6.45, 7) is 5.68. The van der Waals surface area contributed by atoms with Gasteiger partial charge in [-0.05, 0) is 56.7 Å². The Balaban J connectivity index is 2.21. The second kappa shape index (κ2) is 6.26. The quantitative estimate of drug-likeness (QED) is 0.846. The van der Waals surface area contributed by atoms with E-state index >= 15 is 0 Å². The van der Waals surface area contributed by atoms with Crippen molar-refractivity contribution in [3.8, 4) is 5.88 Å². The first-order valence-electron chi connectivity index (χ1n) is 6.76. The van der Waals surface area contributed by atoms with Gasteiger partial charge in [0.1, 0.15) is 5.69 Å². The molecule has 0 bridgehead atoms. The highest BCUT2D eigenvalue weighted by Crippen LogP contribution is 2.23. The normalized spacial score (nSPS) is 10.5. The number of ether oxygens (including phenoxy) is 1. The lowest BCUT2D eigenvalue weighted by atomic mass is 10.1. The second-order valence-electron chi connectivity index (χ2n) is 5.05. The molecule has 1 heterocycles. The fraction of sp³-hybridized carbons (Fsp3) is 0.250. The van der Waals surface area contributed by atoms with Gasteiger partial charge in [-0.1, -0.05) is 0 Å². The lowest BCUT2D eigenvalue weighted by molar-refractivity contribution is 0.102. The van der Waals surface area contributed by atoms with Crippen molar-refractivity contribution in [2.24, 2.45) is 0 Å². The van der Waals surface area contributed by atoms with Crippen molar-refractivity contribution in [1.82, 2.24) is 4.98 Å². The van der Waals surface area contributed by atoms with Gasteiger partial charge in [0, 0.05) is 17.4 Å². The minimum Gasteiger partial charge on any atom is -0.473 e. The number of aryl methyl sites for hydroxylation is 1. The highest BCUT2D eigenvalue weighted by atomic mass is 16.5. The van der Waals surface area contributed by atoms with Crippen molar-refractivity contribution < 1.29 is 9.53 Å². The molecule has 5 heteroatoms. The van der Waals surface area contributed by atoms with Gasteiger partial charge in [0.15, 0.2) is 0 Å². The van der Waals surface area contributed by atoms with Gasteiger partial charge in [0.25, 0.3) is 5.91 Å². The minimum atomic E-state index is -0.222. The molecule has 0 atom stereocenters. The van der Waals surface area contributed by atoms with Crippen molar-refractivity contribution >= 4 is 17.3 Å². The second-order valence-corrected chi connectivity index (χ2v) is 5.05. The third-order valence-corrected chi connectivity index (χ3v) is 2.90. The van der Waals surface area contributed by atoms with Crippen molar-refractivity contribution in [2.45, 2.75) is 26.9 Å². The lowest BCUT2D eigenvalue weighted by Crippen LogP contribution is -2.15. The first-order valence-corrected chi connectivity index (χ1v) is 6.76. The molecule has 110 valence electrons. The van der Waals surface area contributed by atoms with Crippen LogP contribution < -0.4 is 15.8 Å². The number of nitrogen functional groups attached to an aromatic ring is 1. The van der Waals surface area contributed by atoms with Gasteiger partial charge in [0.2, 0.25) is 5.88 Å². The van der Waals surface area contributed by atoms with E-state index in [9.17, 15) is 4.79 Å². The third kappa shape index (κ3) is 3.72. The highest BCUT2D eigenvalue weighted by molar-refractivity contribution is 6.05. The Labute approximate surface area is 124 Å². The summed E-state index contributed by atoms with van der Waals surface area (Å²) in [4.78, 5) is 16.4. The van der Waals surface area contributed by atoms with E-state index in [1.807, 2.05) is 20.8 Å². The van der Waals surface area contributed by atoms with E-state index in [0.717, 1.165) is 5.56 Å². The Bertz CT molecular complexity index is 654. The molecular weight excluding hydrogens is 266 g/mol. The van der Waals surface area contributed by atoms with E-state index in [-0.39, 0.29) is 12.0 Å². The molecule has 0 aliphatic rings. The Kier molecular flexibility index (Phi) is 4.42. The zero-order valence-corrected chi connectivity index (χ0v) is 12.4. The number of anilines is 2. The smallest absolute Gasteiger partial charge is 0.255 e. The molecule has 2 rings (SSSR count). The van der Waals surface area contributed by atoms with Gasteiger partial charge in [0.05, 0.1) is 6.10 Å². The van der Waals surface area contributed by atoms with Gasteiger partial charge in [-0.25, -0.2) is 4.98 Å². The molecule has 0 saturated heterocycles. The van der Waals surface area contributed by atoms with Crippen LogP contribution in [0.3, 0.4) is 0 Å². The van der Waals surface area contributed by atoms with Crippen LogP contribution in [0.15, 0.2) is 36.5 Å². The van der Waals surface area contributed by atoms with E-state index in [1.54, 1.807) is 36.5 Å². The number of hydrogen-bond acceptors (Lipinski definition) is 4. The van der Waals surface area contributed by atoms with Gasteiger partial charge < -0.3 is 15.8 Å². The molecule has 1 aromatic heterocycles. The van der Waals surface area contributed by atoms with Crippen LogP contribution in [-0.4, -0.2) is 17.0 Å². The molecule has 1 aromatic carbocycles. The number of amides is 1. The summed E-state index contributed by atoms with van der Waals surface area (Å²) in [5, 5.41) is 2.81. The molecule has 21 heavy (non-hydrogen) atoms. The topological polar surface area (TPSA) is 77.2 Å². The zero-order chi connectivity index (χ0) is 15.4. The summed E-state index contributed by atoms with van der Waals surface area (Å²) in [5.41, 5.74) is 8.38. The van der Waals surface area contributed by atoms with Crippen LogP contribution in [-0.2, 0) is 0 Å². The average molecular weight is 285 g/mol. The van der Waals surface area contributed by atoms with Crippen LogP contribution in [0.2, 0.25) is 0 Å². The number of hydrogen-bond donors (Lipinski definition) is 2. The Morgan fingerprint density at radius 2 is 2.10 bits per heavy atom. The molecule has 0 spiro atoms.